The highest BCUT2D eigenvalue weighted by atomic mass is 16.2. The van der Waals surface area contributed by atoms with Crippen molar-refractivity contribution in [3.8, 4) is 0 Å². The minimum absolute atomic E-state index is 0.272. The van der Waals surface area contributed by atoms with Crippen LogP contribution < -0.4 is 10.2 Å². The largest absolute Gasteiger partial charge is 0.371 e. The first-order valence-electron chi connectivity index (χ1n) is 7.32. The monoisotopic (exact) mass is 258 g/mol. The summed E-state index contributed by atoms with van der Waals surface area (Å²) < 4.78 is 0. The van der Waals surface area contributed by atoms with Crippen LogP contribution in [0, 0.1) is 18.8 Å². The summed E-state index contributed by atoms with van der Waals surface area (Å²) in [5, 5.41) is 3.10. The Bertz CT molecular complexity index is 450. The molecule has 1 saturated heterocycles. The van der Waals surface area contributed by atoms with Crippen molar-refractivity contribution >= 4 is 11.6 Å². The Balaban J connectivity index is 1.49. The molecule has 0 spiro atoms. The molecule has 0 radical (unpaired) electrons. The minimum atomic E-state index is 0.272. The van der Waals surface area contributed by atoms with Crippen LogP contribution in [0.2, 0.25) is 0 Å². The molecule has 19 heavy (non-hydrogen) atoms. The second-order valence-electron chi connectivity index (χ2n) is 5.96. The number of anilines is 1. The molecule has 0 aromatic heterocycles. The van der Waals surface area contributed by atoms with Crippen LogP contribution in [0.4, 0.5) is 5.69 Å². The van der Waals surface area contributed by atoms with E-state index in [2.05, 4.69) is 41.4 Å². The van der Waals surface area contributed by atoms with Gasteiger partial charge in [-0.05, 0) is 44.2 Å². The van der Waals surface area contributed by atoms with Gasteiger partial charge in [0.15, 0.2) is 0 Å². The average Bonchev–Trinajstić information content (AvgIpc) is 3.16. The fraction of sp³-hybridized carbons (Fsp3) is 0.562. The summed E-state index contributed by atoms with van der Waals surface area (Å²) in [7, 11) is 0. The molecule has 2 aliphatic rings. The Morgan fingerprint density at radius 1 is 1.26 bits per heavy atom. The zero-order valence-corrected chi connectivity index (χ0v) is 11.6. The molecule has 1 unspecified atom stereocenters. The summed E-state index contributed by atoms with van der Waals surface area (Å²) in [5.74, 6) is 1.20. The molecule has 3 heteroatoms. The number of nitrogens with one attached hydrogen (secondary N) is 1. The van der Waals surface area contributed by atoms with Gasteiger partial charge in [-0.2, -0.15) is 0 Å². The van der Waals surface area contributed by atoms with Gasteiger partial charge in [0, 0.05) is 31.2 Å². The number of nitrogens with zero attached hydrogens (tertiary/aromatic N) is 1. The highest BCUT2D eigenvalue weighted by molar-refractivity contribution is 5.80. The molecule has 1 N–H and O–H groups in total. The third-order valence-electron chi connectivity index (χ3n) is 4.20. The van der Waals surface area contributed by atoms with Crippen molar-refractivity contribution in [1.29, 1.82) is 0 Å². The zero-order valence-electron chi connectivity index (χ0n) is 11.6. The lowest BCUT2D eigenvalue weighted by molar-refractivity contribution is -0.122. The highest BCUT2D eigenvalue weighted by Crippen LogP contribution is 2.29. The molecule has 2 fully saturated rings. The SMILES string of the molecule is Cc1ccc(N2CCC(CNC(=O)C3CC3)C2)cc1. The maximum atomic E-state index is 11.6. The first-order valence-corrected chi connectivity index (χ1v) is 7.32. The van der Waals surface area contributed by atoms with Gasteiger partial charge in [0.25, 0.3) is 0 Å². The van der Waals surface area contributed by atoms with E-state index in [1.54, 1.807) is 0 Å². The smallest absolute Gasteiger partial charge is 0.223 e. The van der Waals surface area contributed by atoms with Crippen molar-refractivity contribution in [2.45, 2.75) is 26.2 Å². The van der Waals surface area contributed by atoms with Crippen LogP contribution in [-0.4, -0.2) is 25.5 Å². The molecular weight excluding hydrogens is 236 g/mol. The van der Waals surface area contributed by atoms with Crippen molar-refractivity contribution in [3.05, 3.63) is 29.8 Å². The van der Waals surface area contributed by atoms with Crippen LogP contribution in [0.15, 0.2) is 24.3 Å². The molecule has 1 atom stereocenters. The number of hydrogen-bond donors (Lipinski definition) is 1. The zero-order chi connectivity index (χ0) is 13.2. The molecular formula is C16H22N2O. The molecule has 1 amide bonds. The first-order chi connectivity index (χ1) is 9.22. The topological polar surface area (TPSA) is 32.3 Å². The molecule has 1 aliphatic carbocycles. The lowest BCUT2D eigenvalue weighted by Gasteiger charge is -2.19. The van der Waals surface area contributed by atoms with E-state index >= 15 is 0 Å². The number of amides is 1. The van der Waals surface area contributed by atoms with Crippen LogP contribution in [0.5, 0.6) is 0 Å². The summed E-state index contributed by atoms with van der Waals surface area (Å²) in [4.78, 5) is 14.1. The van der Waals surface area contributed by atoms with E-state index in [9.17, 15) is 4.79 Å². The second kappa shape index (κ2) is 5.24. The third-order valence-corrected chi connectivity index (χ3v) is 4.20. The van der Waals surface area contributed by atoms with E-state index in [4.69, 9.17) is 0 Å². The Morgan fingerprint density at radius 3 is 2.68 bits per heavy atom. The van der Waals surface area contributed by atoms with E-state index in [1.807, 2.05) is 0 Å². The summed E-state index contributed by atoms with van der Waals surface area (Å²) >= 11 is 0. The lowest BCUT2D eigenvalue weighted by Crippen LogP contribution is -2.31. The molecule has 0 bridgehead atoms. The van der Waals surface area contributed by atoms with Crippen molar-refractivity contribution in [3.63, 3.8) is 0 Å². The van der Waals surface area contributed by atoms with Crippen molar-refractivity contribution in [1.82, 2.24) is 5.32 Å². The minimum Gasteiger partial charge on any atom is -0.371 e. The van der Waals surface area contributed by atoms with E-state index in [0.717, 1.165) is 32.5 Å². The standard InChI is InChI=1S/C16H22N2O/c1-12-2-6-15(7-3-12)18-9-8-13(11-18)10-17-16(19)14-4-5-14/h2-3,6-7,13-14H,4-5,8-11H2,1H3,(H,17,19). The van der Waals surface area contributed by atoms with Gasteiger partial charge >= 0.3 is 0 Å². The number of aryl methyl sites for hydroxylation is 1. The molecule has 1 aromatic carbocycles. The Morgan fingerprint density at radius 2 is 2.00 bits per heavy atom. The number of carbonyl (C=O) groups excluding carboxylic acids is 1. The van der Waals surface area contributed by atoms with Gasteiger partial charge in [-0.25, -0.2) is 0 Å². The molecule has 1 saturated carbocycles. The summed E-state index contributed by atoms with van der Waals surface area (Å²) in [6, 6.07) is 8.72. The summed E-state index contributed by atoms with van der Waals surface area (Å²) in [6.07, 6.45) is 3.36. The van der Waals surface area contributed by atoms with E-state index in [1.165, 1.54) is 17.7 Å². The van der Waals surface area contributed by atoms with Gasteiger partial charge in [0.05, 0.1) is 0 Å². The van der Waals surface area contributed by atoms with Gasteiger partial charge in [0.1, 0.15) is 0 Å². The highest BCUT2D eigenvalue weighted by Gasteiger charge is 2.30. The van der Waals surface area contributed by atoms with Gasteiger partial charge in [0.2, 0.25) is 5.91 Å². The quantitative estimate of drug-likeness (QED) is 0.899. The summed E-state index contributed by atoms with van der Waals surface area (Å²) in [6.45, 7) is 5.13. The first kappa shape index (κ1) is 12.5. The number of carbonyl (C=O) groups is 1. The van der Waals surface area contributed by atoms with Crippen LogP contribution in [0.25, 0.3) is 0 Å². The van der Waals surface area contributed by atoms with E-state index in [-0.39, 0.29) is 5.91 Å². The molecule has 3 rings (SSSR count). The maximum Gasteiger partial charge on any atom is 0.223 e. The fourth-order valence-electron chi connectivity index (χ4n) is 2.72. The predicted molar refractivity (Wildman–Crippen MR) is 77.2 cm³/mol. The fourth-order valence-corrected chi connectivity index (χ4v) is 2.72. The molecule has 1 aromatic rings. The van der Waals surface area contributed by atoms with Gasteiger partial charge in [-0.15, -0.1) is 0 Å². The van der Waals surface area contributed by atoms with Crippen LogP contribution >= 0.6 is 0 Å². The van der Waals surface area contributed by atoms with Crippen LogP contribution in [0.1, 0.15) is 24.8 Å². The van der Waals surface area contributed by atoms with Crippen LogP contribution in [0.3, 0.4) is 0 Å². The van der Waals surface area contributed by atoms with Crippen molar-refractivity contribution in [2.24, 2.45) is 11.8 Å². The Labute approximate surface area is 115 Å². The molecule has 1 aliphatic heterocycles. The predicted octanol–water partition coefficient (Wildman–Crippen LogP) is 2.35. The van der Waals surface area contributed by atoms with Crippen molar-refractivity contribution < 1.29 is 4.79 Å². The van der Waals surface area contributed by atoms with E-state index in [0.29, 0.717) is 11.8 Å². The van der Waals surface area contributed by atoms with Gasteiger partial charge in [-0.1, -0.05) is 17.7 Å². The number of rotatable bonds is 4. The van der Waals surface area contributed by atoms with Gasteiger partial charge < -0.3 is 10.2 Å². The van der Waals surface area contributed by atoms with Crippen molar-refractivity contribution in [2.75, 3.05) is 24.5 Å². The second-order valence-corrected chi connectivity index (χ2v) is 5.96. The number of benzene rings is 1. The average molecular weight is 258 g/mol. The molecule has 102 valence electrons. The third kappa shape index (κ3) is 3.09. The van der Waals surface area contributed by atoms with Gasteiger partial charge in [-0.3, -0.25) is 4.79 Å². The summed E-state index contributed by atoms with van der Waals surface area (Å²) in [5.41, 5.74) is 2.61. The van der Waals surface area contributed by atoms with E-state index < -0.39 is 0 Å². The lowest BCUT2D eigenvalue weighted by atomic mass is 10.1. The normalized spacial score (nSPS) is 22.6. The Kier molecular flexibility index (Phi) is 3.45. The number of hydrogen-bond acceptors (Lipinski definition) is 2. The Hall–Kier alpha value is -1.51. The molecule has 1 heterocycles. The maximum absolute atomic E-state index is 11.6. The molecule has 3 nitrogen and oxygen atoms in total. The van der Waals surface area contributed by atoms with Crippen LogP contribution in [-0.2, 0) is 4.79 Å².